The first-order chi connectivity index (χ1) is 11.5. The zero-order valence-corrected chi connectivity index (χ0v) is 14.2. The van der Waals surface area contributed by atoms with E-state index in [4.69, 9.17) is 11.6 Å². The van der Waals surface area contributed by atoms with Crippen LogP contribution < -0.4 is 10.6 Å². The number of aromatic nitrogens is 2. The Morgan fingerprint density at radius 1 is 1.54 bits per heavy atom. The number of aryl methyl sites for hydroxylation is 1. The largest absolute Gasteiger partial charge is 0.349 e. The molecule has 0 saturated heterocycles. The summed E-state index contributed by atoms with van der Waals surface area (Å²) in [5.41, 5.74) is 2.31. The van der Waals surface area contributed by atoms with Crippen LogP contribution in [0.2, 0.25) is 5.02 Å². The molecule has 0 radical (unpaired) electrons. The summed E-state index contributed by atoms with van der Waals surface area (Å²) >= 11 is 5.86. The summed E-state index contributed by atoms with van der Waals surface area (Å²) in [6.07, 6.45) is 6.52. The lowest BCUT2D eigenvalue weighted by Gasteiger charge is -2.22. The molecule has 0 bridgehead atoms. The molecule has 3 rings (SSSR count). The molecule has 1 aliphatic heterocycles. The Hall–Kier alpha value is -2.34. The van der Waals surface area contributed by atoms with Crippen LogP contribution in [0.3, 0.4) is 0 Å². The minimum absolute atomic E-state index is 0.148. The Balaban J connectivity index is 1.75. The van der Waals surface area contributed by atoms with Gasteiger partial charge in [-0.2, -0.15) is 5.10 Å². The van der Waals surface area contributed by atoms with Gasteiger partial charge in [0, 0.05) is 23.8 Å². The number of hydrogen-bond donors (Lipinski definition) is 2. The van der Waals surface area contributed by atoms with E-state index in [1.165, 1.54) is 6.07 Å². The molecule has 7 heteroatoms. The third-order valence-corrected chi connectivity index (χ3v) is 4.23. The Morgan fingerprint density at radius 3 is 3.00 bits per heavy atom. The molecule has 2 heterocycles. The van der Waals surface area contributed by atoms with Gasteiger partial charge in [-0.05, 0) is 30.5 Å². The van der Waals surface area contributed by atoms with E-state index in [1.807, 2.05) is 20.2 Å². The first-order valence-electron chi connectivity index (χ1n) is 7.72. The molecule has 1 aromatic carbocycles. The number of hydrogen-bond acceptors (Lipinski definition) is 3. The number of carbonyl (C=O) groups is 1. The monoisotopic (exact) mass is 348 g/mol. The van der Waals surface area contributed by atoms with Crippen LogP contribution in [-0.4, -0.2) is 15.7 Å². The third kappa shape index (κ3) is 3.28. The van der Waals surface area contributed by atoms with Crippen molar-refractivity contribution in [3.8, 4) is 0 Å². The second-order valence-electron chi connectivity index (χ2n) is 5.75. The Bertz CT molecular complexity index is 815. The van der Waals surface area contributed by atoms with Gasteiger partial charge in [0.25, 0.3) is 5.91 Å². The fourth-order valence-electron chi connectivity index (χ4n) is 2.75. The average Bonchev–Trinajstić information content (AvgIpc) is 2.98. The van der Waals surface area contributed by atoms with Crippen molar-refractivity contribution in [2.45, 2.75) is 25.8 Å². The van der Waals surface area contributed by atoms with E-state index in [-0.39, 0.29) is 11.9 Å². The van der Waals surface area contributed by atoms with Gasteiger partial charge in [-0.1, -0.05) is 24.6 Å². The fourth-order valence-corrected chi connectivity index (χ4v) is 2.98. The SMILES string of the molecule is CCC(NC(=O)C1=CCc2cc(Cl)cc(F)c2N1)c1cnn(C)c1. The minimum Gasteiger partial charge on any atom is -0.349 e. The number of allylic oxidation sites excluding steroid dienone is 1. The number of benzene rings is 1. The molecule has 1 amide bonds. The second-order valence-corrected chi connectivity index (χ2v) is 6.19. The zero-order valence-electron chi connectivity index (χ0n) is 13.4. The Labute approximate surface area is 144 Å². The lowest BCUT2D eigenvalue weighted by atomic mass is 10.0. The van der Waals surface area contributed by atoms with E-state index in [9.17, 15) is 9.18 Å². The van der Waals surface area contributed by atoms with Crippen molar-refractivity contribution >= 4 is 23.2 Å². The van der Waals surface area contributed by atoms with Crippen molar-refractivity contribution in [2.24, 2.45) is 7.05 Å². The summed E-state index contributed by atoms with van der Waals surface area (Å²) in [6.45, 7) is 1.98. The molecule has 126 valence electrons. The lowest BCUT2D eigenvalue weighted by Crippen LogP contribution is -2.32. The van der Waals surface area contributed by atoms with E-state index in [2.05, 4.69) is 15.7 Å². The number of nitrogens with zero attached hydrogens (tertiary/aromatic N) is 2. The molecule has 2 aromatic rings. The van der Waals surface area contributed by atoms with Crippen LogP contribution in [0.1, 0.15) is 30.5 Å². The Morgan fingerprint density at radius 2 is 2.33 bits per heavy atom. The average molecular weight is 349 g/mol. The van der Waals surface area contributed by atoms with Crippen LogP contribution in [0, 0.1) is 5.82 Å². The molecular weight excluding hydrogens is 331 g/mol. The van der Waals surface area contributed by atoms with E-state index >= 15 is 0 Å². The standard InChI is InChI=1S/C17H18ClFN4O/c1-3-14(11-8-20-23(2)9-11)22-17(24)15-5-4-10-6-12(18)7-13(19)16(10)21-15/h5-9,14,21H,3-4H2,1-2H3,(H,22,24). The summed E-state index contributed by atoms with van der Waals surface area (Å²) in [7, 11) is 1.83. The van der Waals surface area contributed by atoms with Crippen molar-refractivity contribution in [2.75, 3.05) is 5.32 Å². The summed E-state index contributed by atoms with van der Waals surface area (Å²) in [4.78, 5) is 12.5. The van der Waals surface area contributed by atoms with Gasteiger partial charge in [0.2, 0.25) is 0 Å². The van der Waals surface area contributed by atoms with Crippen LogP contribution in [0.25, 0.3) is 0 Å². The molecule has 0 fully saturated rings. The lowest BCUT2D eigenvalue weighted by molar-refractivity contribution is -0.118. The third-order valence-electron chi connectivity index (χ3n) is 4.01. The molecule has 1 aromatic heterocycles. The van der Waals surface area contributed by atoms with Gasteiger partial charge in [-0.15, -0.1) is 0 Å². The molecule has 1 unspecified atom stereocenters. The van der Waals surface area contributed by atoms with Crippen LogP contribution in [0.5, 0.6) is 0 Å². The molecule has 0 aliphatic carbocycles. The zero-order chi connectivity index (χ0) is 17.3. The first kappa shape index (κ1) is 16.5. The van der Waals surface area contributed by atoms with Crippen molar-refractivity contribution in [3.05, 3.63) is 58.3 Å². The van der Waals surface area contributed by atoms with Crippen molar-refractivity contribution in [1.29, 1.82) is 0 Å². The quantitative estimate of drug-likeness (QED) is 0.891. The van der Waals surface area contributed by atoms with Gasteiger partial charge in [0.15, 0.2) is 0 Å². The molecule has 1 atom stereocenters. The van der Waals surface area contributed by atoms with Crippen molar-refractivity contribution < 1.29 is 9.18 Å². The second kappa shape index (κ2) is 6.65. The molecule has 24 heavy (non-hydrogen) atoms. The first-order valence-corrected chi connectivity index (χ1v) is 8.10. The van der Waals surface area contributed by atoms with E-state index < -0.39 is 5.82 Å². The molecule has 0 saturated carbocycles. The molecular formula is C17H18ClFN4O. The summed E-state index contributed by atoms with van der Waals surface area (Å²) in [5, 5.41) is 10.3. The highest BCUT2D eigenvalue weighted by molar-refractivity contribution is 6.30. The van der Waals surface area contributed by atoms with Crippen molar-refractivity contribution in [1.82, 2.24) is 15.1 Å². The maximum absolute atomic E-state index is 14.0. The number of carbonyl (C=O) groups excluding carboxylic acids is 1. The van der Waals surface area contributed by atoms with Crippen LogP contribution in [-0.2, 0) is 18.3 Å². The smallest absolute Gasteiger partial charge is 0.267 e. The maximum atomic E-state index is 14.0. The highest BCUT2D eigenvalue weighted by atomic mass is 35.5. The maximum Gasteiger partial charge on any atom is 0.267 e. The van der Waals surface area contributed by atoms with Gasteiger partial charge >= 0.3 is 0 Å². The number of nitrogens with one attached hydrogen (secondary N) is 2. The predicted octanol–water partition coefficient (Wildman–Crippen LogP) is 3.33. The summed E-state index contributed by atoms with van der Waals surface area (Å²) in [5.74, 6) is -0.735. The molecule has 5 nitrogen and oxygen atoms in total. The number of fused-ring (bicyclic) bond motifs is 1. The summed E-state index contributed by atoms with van der Waals surface area (Å²) in [6, 6.07) is 2.78. The van der Waals surface area contributed by atoms with Gasteiger partial charge in [-0.3, -0.25) is 9.48 Å². The number of rotatable bonds is 4. The van der Waals surface area contributed by atoms with E-state index in [1.54, 1.807) is 23.0 Å². The number of anilines is 1. The highest BCUT2D eigenvalue weighted by Gasteiger charge is 2.22. The normalized spacial score (nSPS) is 14.4. The highest BCUT2D eigenvalue weighted by Crippen LogP contribution is 2.30. The predicted molar refractivity (Wildman–Crippen MR) is 91.2 cm³/mol. The molecule has 0 spiro atoms. The van der Waals surface area contributed by atoms with Crippen molar-refractivity contribution in [3.63, 3.8) is 0 Å². The minimum atomic E-state index is -0.463. The van der Waals surface area contributed by atoms with Crippen LogP contribution >= 0.6 is 11.6 Å². The molecule has 1 aliphatic rings. The van der Waals surface area contributed by atoms with Crippen LogP contribution in [0.4, 0.5) is 10.1 Å². The number of amides is 1. The van der Waals surface area contributed by atoms with Gasteiger partial charge in [0.05, 0.1) is 17.9 Å². The van der Waals surface area contributed by atoms with E-state index in [0.29, 0.717) is 22.8 Å². The van der Waals surface area contributed by atoms with Crippen LogP contribution in [0.15, 0.2) is 36.3 Å². The number of halogens is 2. The van der Waals surface area contributed by atoms with E-state index in [0.717, 1.165) is 17.5 Å². The Kier molecular flexibility index (Phi) is 4.57. The van der Waals surface area contributed by atoms with Gasteiger partial charge in [0.1, 0.15) is 11.5 Å². The fraction of sp³-hybridized carbons (Fsp3) is 0.294. The molecule has 2 N–H and O–H groups in total. The van der Waals surface area contributed by atoms with Gasteiger partial charge < -0.3 is 10.6 Å². The topological polar surface area (TPSA) is 59.0 Å². The van der Waals surface area contributed by atoms with Gasteiger partial charge in [-0.25, -0.2) is 4.39 Å². The summed E-state index contributed by atoms with van der Waals surface area (Å²) < 4.78 is 15.7.